The van der Waals surface area contributed by atoms with E-state index in [2.05, 4.69) is 22.8 Å². The number of nitrogens with one attached hydrogen (secondary N) is 2. The van der Waals surface area contributed by atoms with Crippen molar-refractivity contribution in [3.8, 4) is 0 Å². The fraction of sp³-hybridized carbons (Fsp3) is 0.467. The number of hydrogen-bond donors (Lipinski definition) is 2. The minimum atomic E-state index is -0.414. The van der Waals surface area contributed by atoms with Crippen molar-refractivity contribution in [1.29, 1.82) is 0 Å². The smallest absolute Gasteiger partial charge is 0.237 e. The third kappa shape index (κ3) is 3.89. The highest BCUT2D eigenvalue weighted by Gasteiger charge is 2.29. The van der Waals surface area contributed by atoms with E-state index in [0.29, 0.717) is 5.92 Å². The fourth-order valence-corrected chi connectivity index (χ4v) is 2.47. The summed E-state index contributed by atoms with van der Waals surface area (Å²) >= 11 is 0. The molecule has 1 heterocycles. The van der Waals surface area contributed by atoms with E-state index in [1.54, 1.807) is 6.92 Å². The van der Waals surface area contributed by atoms with Gasteiger partial charge in [0.25, 0.3) is 0 Å². The Morgan fingerprint density at radius 1 is 1.47 bits per heavy atom. The second-order valence-corrected chi connectivity index (χ2v) is 5.19. The van der Waals surface area contributed by atoms with Crippen LogP contribution in [0.2, 0.25) is 0 Å². The maximum absolute atomic E-state index is 11.9. The first-order valence-electron chi connectivity index (χ1n) is 6.72. The van der Waals surface area contributed by atoms with Crippen LogP contribution < -0.4 is 10.6 Å². The maximum Gasteiger partial charge on any atom is 0.237 e. The van der Waals surface area contributed by atoms with Crippen molar-refractivity contribution < 1.29 is 9.59 Å². The molecule has 1 fully saturated rings. The third-order valence-electron chi connectivity index (χ3n) is 3.48. The van der Waals surface area contributed by atoms with Crippen LogP contribution in [0.5, 0.6) is 0 Å². The lowest BCUT2D eigenvalue weighted by Crippen LogP contribution is -2.44. The standard InChI is InChI=1S/C15H20N2O2/c1-11(10-18)17-15(19)14-8-13(9-16-14)7-12-5-3-2-4-6-12/h2-6,10-11,13-14,16H,7-9H2,1H3,(H,17,19)/t11-,13-,14+/m0/s1. The van der Waals surface area contributed by atoms with E-state index < -0.39 is 6.04 Å². The van der Waals surface area contributed by atoms with Crippen LogP contribution in [0.15, 0.2) is 30.3 Å². The van der Waals surface area contributed by atoms with Gasteiger partial charge in [0.1, 0.15) is 6.29 Å². The number of amides is 1. The molecule has 3 atom stereocenters. The van der Waals surface area contributed by atoms with Gasteiger partial charge in [0.15, 0.2) is 0 Å². The highest BCUT2D eigenvalue weighted by atomic mass is 16.2. The van der Waals surface area contributed by atoms with Gasteiger partial charge in [-0.15, -0.1) is 0 Å². The van der Waals surface area contributed by atoms with Gasteiger partial charge < -0.3 is 15.4 Å². The minimum absolute atomic E-state index is 0.0739. The maximum atomic E-state index is 11.9. The fourth-order valence-electron chi connectivity index (χ4n) is 2.47. The molecule has 4 heteroatoms. The Kier molecular flexibility index (Phi) is 4.68. The van der Waals surface area contributed by atoms with Crippen molar-refractivity contribution in [1.82, 2.24) is 10.6 Å². The Morgan fingerprint density at radius 3 is 2.89 bits per heavy atom. The molecule has 0 radical (unpaired) electrons. The summed E-state index contributed by atoms with van der Waals surface area (Å²) in [4.78, 5) is 22.4. The zero-order chi connectivity index (χ0) is 13.7. The molecule has 1 aromatic carbocycles. The molecule has 1 amide bonds. The van der Waals surface area contributed by atoms with Crippen LogP contribution in [0.3, 0.4) is 0 Å². The van der Waals surface area contributed by atoms with Crippen molar-refractivity contribution in [3.63, 3.8) is 0 Å². The highest BCUT2D eigenvalue weighted by Crippen LogP contribution is 2.19. The largest absolute Gasteiger partial charge is 0.346 e. The van der Waals surface area contributed by atoms with E-state index >= 15 is 0 Å². The highest BCUT2D eigenvalue weighted by molar-refractivity contribution is 5.84. The van der Waals surface area contributed by atoms with Crippen molar-refractivity contribution in [2.45, 2.75) is 31.8 Å². The summed E-state index contributed by atoms with van der Waals surface area (Å²) in [5.74, 6) is 0.403. The zero-order valence-corrected chi connectivity index (χ0v) is 11.1. The van der Waals surface area contributed by atoms with Crippen molar-refractivity contribution in [3.05, 3.63) is 35.9 Å². The van der Waals surface area contributed by atoms with Crippen LogP contribution in [0.1, 0.15) is 18.9 Å². The quantitative estimate of drug-likeness (QED) is 0.774. The van der Waals surface area contributed by atoms with E-state index in [-0.39, 0.29) is 11.9 Å². The molecule has 0 aromatic heterocycles. The van der Waals surface area contributed by atoms with Crippen LogP contribution in [-0.2, 0) is 16.0 Å². The summed E-state index contributed by atoms with van der Waals surface area (Å²) in [7, 11) is 0. The van der Waals surface area contributed by atoms with Crippen molar-refractivity contribution >= 4 is 12.2 Å². The predicted octanol–water partition coefficient (Wildman–Crippen LogP) is 0.911. The van der Waals surface area contributed by atoms with Gasteiger partial charge >= 0.3 is 0 Å². The van der Waals surface area contributed by atoms with E-state index in [9.17, 15) is 9.59 Å². The molecule has 4 nitrogen and oxygen atoms in total. The van der Waals surface area contributed by atoms with Crippen LogP contribution in [0.25, 0.3) is 0 Å². The molecule has 0 aliphatic carbocycles. The number of rotatable bonds is 5. The zero-order valence-electron chi connectivity index (χ0n) is 11.1. The van der Waals surface area contributed by atoms with Gasteiger partial charge in [-0.3, -0.25) is 4.79 Å². The van der Waals surface area contributed by atoms with E-state index in [1.165, 1.54) is 5.56 Å². The molecule has 2 rings (SSSR count). The van der Waals surface area contributed by atoms with E-state index in [4.69, 9.17) is 0 Å². The summed E-state index contributed by atoms with van der Waals surface area (Å²) in [6, 6.07) is 9.72. The van der Waals surface area contributed by atoms with Gasteiger partial charge in [0.2, 0.25) is 5.91 Å². The molecule has 1 saturated heterocycles. The molecule has 0 spiro atoms. The van der Waals surface area contributed by atoms with Gasteiger partial charge in [-0.1, -0.05) is 30.3 Å². The molecule has 19 heavy (non-hydrogen) atoms. The molecule has 0 saturated carbocycles. The molecule has 1 aromatic rings. The molecule has 0 bridgehead atoms. The normalized spacial score (nSPS) is 23.8. The lowest BCUT2D eigenvalue weighted by molar-refractivity contribution is -0.125. The van der Waals surface area contributed by atoms with Gasteiger partial charge in [-0.2, -0.15) is 0 Å². The molecule has 0 unspecified atom stereocenters. The molecule has 2 N–H and O–H groups in total. The first-order valence-corrected chi connectivity index (χ1v) is 6.72. The second-order valence-electron chi connectivity index (χ2n) is 5.19. The lowest BCUT2D eigenvalue weighted by Gasteiger charge is -2.13. The Morgan fingerprint density at radius 2 is 2.21 bits per heavy atom. The van der Waals surface area contributed by atoms with Crippen LogP contribution in [0, 0.1) is 5.92 Å². The van der Waals surface area contributed by atoms with Crippen molar-refractivity contribution in [2.75, 3.05) is 6.54 Å². The number of carbonyl (C=O) groups excluding carboxylic acids is 2. The van der Waals surface area contributed by atoms with Crippen LogP contribution in [-0.4, -0.2) is 30.8 Å². The number of aldehydes is 1. The Bertz CT molecular complexity index is 433. The van der Waals surface area contributed by atoms with Crippen molar-refractivity contribution in [2.24, 2.45) is 5.92 Å². The van der Waals surface area contributed by atoms with Gasteiger partial charge in [-0.05, 0) is 37.8 Å². The average Bonchev–Trinajstić information content (AvgIpc) is 2.88. The number of benzene rings is 1. The van der Waals surface area contributed by atoms with Crippen LogP contribution >= 0.6 is 0 Å². The summed E-state index contributed by atoms with van der Waals surface area (Å²) < 4.78 is 0. The summed E-state index contributed by atoms with van der Waals surface area (Å²) in [6.45, 7) is 2.53. The molecular formula is C15H20N2O2. The Hall–Kier alpha value is -1.68. The van der Waals surface area contributed by atoms with E-state index in [1.807, 2.05) is 18.2 Å². The first kappa shape index (κ1) is 13.7. The minimum Gasteiger partial charge on any atom is -0.346 e. The summed E-state index contributed by atoms with van der Waals surface area (Å²) in [6.07, 6.45) is 2.56. The van der Waals surface area contributed by atoms with Gasteiger partial charge in [-0.25, -0.2) is 0 Å². The molecule has 1 aliphatic heterocycles. The first-order chi connectivity index (χ1) is 9.19. The Balaban J connectivity index is 1.83. The SMILES string of the molecule is C[C@@H](C=O)NC(=O)[C@H]1C[C@H](Cc2ccccc2)CN1. The Labute approximate surface area is 113 Å². The molecular weight excluding hydrogens is 240 g/mol. The predicted molar refractivity (Wildman–Crippen MR) is 73.7 cm³/mol. The topological polar surface area (TPSA) is 58.2 Å². The van der Waals surface area contributed by atoms with Crippen LogP contribution in [0.4, 0.5) is 0 Å². The number of hydrogen-bond acceptors (Lipinski definition) is 3. The second kappa shape index (κ2) is 6.48. The van der Waals surface area contributed by atoms with E-state index in [0.717, 1.165) is 25.7 Å². The molecule has 102 valence electrons. The van der Waals surface area contributed by atoms with Gasteiger partial charge in [0, 0.05) is 0 Å². The lowest BCUT2D eigenvalue weighted by atomic mass is 9.96. The summed E-state index contributed by atoms with van der Waals surface area (Å²) in [5, 5.41) is 5.91. The average molecular weight is 260 g/mol. The third-order valence-corrected chi connectivity index (χ3v) is 3.48. The summed E-state index contributed by atoms with van der Waals surface area (Å²) in [5.41, 5.74) is 1.30. The molecule has 1 aliphatic rings. The monoisotopic (exact) mass is 260 g/mol. The van der Waals surface area contributed by atoms with Gasteiger partial charge in [0.05, 0.1) is 12.1 Å². The number of carbonyl (C=O) groups is 2.